The number of imidazole rings is 1. The van der Waals surface area contributed by atoms with Gasteiger partial charge in [0.2, 0.25) is 0 Å². The van der Waals surface area contributed by atoms with Crippen molar-refractivity contribution in [3.63, 3.8) is 0 Å². The van der Waals surface area contributed by atoms with E-state index in [1.807, 2.05) is 42.6 Å². The van der Waals surface area contributed by atoms with Gasteiger partial charge in [-0.3, -0.25) is 4.98 Å². The molecule has 0 amide bonds. The van der Waals surface area contributed by atoms with Crippen LogP contribution in [-0.4, -0.2) is 22.6 Å². The Kier molecular flexibility index (Phi) is 10.6. The first kappa shape index (κ1) is 37.9. The molecule has 9 rings (SSSR count). The van der Waals surface area contributed by atoms with Crippen LogP contribution in [0.1, 0.15) is 26.3 Å². The Morgan fingerprint density at radius 2 is 1.44 bits per heavy atom. The van der Waals surface area contributed by atoms with Gasteiger partial charge in [0.05, 0.1) is 30.5 Å². The number of aromatic nitrogens is 3. The van der Waals surface area contributed by atoms with Gasteiger partial charge in [-0.1, -0.05) is 136 Å². The van der Waals surface area contributed by atoms with Gasteiger partial charge in [0, 0.05) is 37.4 Å². The van der Waals surface area contributed by atoms with E-state index < -0.39 is 8.07 Å². The van der Waals surface area contributed by atoms with Crippen LogP contribution in [0.2, 0.25) is 19.6 Å². The molecule has 0 saturated heterocycles. The molecule has 9 aromatic rings. The van der Waals surface area contributed by atoms with Gasteiger partial charge in [-0.25, -0.2) is 0 Å². The van der Waals surface area contributed by atoms with Gasteiger partial charge >= 0.3 is 0 Å². The Hall–Kier alpha value is -5.39. The minimum atomic E-state index is -1.26. The van der Waals surface area contributed by atoms with Crippen LogP contribution in [0.5, 0.6) is 0 Å². The molecule has 0 atom stereocenters. The van der Waals surface area contributed by atoms with E-state index in [9.17, 15) is 0 Å². The zero-order valence-electron chi connectivity index (χ0n) is 32.0. The number of pyridine rings is 1. The molecule has 0 aliphatic rings. The molecule has 6 aromatic carbocycles. The fourth-order valence-corrected chi connectivity index (χ4v) is 7.85. The Labute approximate surface area is 338 Å². The van der Waals surface area contributed by atoms with Crippen molar-refractivity contribution < 1.29 is 24.5 Å². The van der Waals surface area contributed by atoms with Gasteiger partial charge in [-0.15, -0.1) is 53.6 Å². The van der Waals surface area contributed by atoms with Crippen molar-refractivity contribution in [3.05, 3.63) is 169 Å². The number of hydrogen-bond acceptors (Lipinski definition) is 3. The summed E-state index contributed by atoms with van der Waals surface area (Å²) >= 11 is 0. The summed E-state index contributed by atoms with van der Waals surface area (Å²) in [5.74, 6) is 0.816. The molecule has 0 spiro atoms. The van der Waals surface area contributed by atoms with Gasteiger partial charge in [0.25, 0.3) is 0 Å². The SMILES string of the molecule is CC(C)(C)c1c[c-]c(-c2ccc([Si](C)(C)C)cn2)cc1.[Ir].[c-]1ccc2c(oc3ccccc32)c1-c1nc2ccccc2n1-c1cccc(-c2ccccc2)c1. The molecule has 0 N–H and O–H groups in total. The molecule has 3 heterocycles. The first-order chi connectivity index (χ1) is 26.0. The maximum Gasteiger partial charge on any atom is 0.120 e. The van der Waals surface area contributed by atoms with Crippen LogP contribution in [-0.2, 0) is 25.5 Å². The van der Waals surface area contributed by atoms with Crippen molar-refractivity contribution in [2.45, 2.75) is 45.8 Å². The van der Waals surface area contributed by atoms with Crippen LogP contribution >= 0.6 is 0 Å². The van der Waals surface area contributed by atoms with Crippen LogP contribution in [0.4, 0.5) is 0 Å². The second kappa shape index (κ2) is 15.4. The molecular formula is C49H43IrN3OSi-2. The third-order valence-corrected chi connectivity index (χ3v) is 11.9. The zero-order chi connectivity index (χ0) is 37.5. The number of rotatable bonds is 5. The summed E-state index contributed by atoms with van der Waals surface area (Å²) in [5, 5.41) is 3.56. The largest absolute Gasteiger partial charge is 0.501 e. The second-order valence-corrected chi connectivity index (χ2v) is 20.9. The molecule has 6 heteroatoms. The van der Waals surface area contributed by atoms with Gasteiger partial charge in [-0.05, 0) is 57.8 Å². The van der Waals surface area contributed by atoms with Crippen LogP contribution in [0.25, 0.3) is 72.4 Å². The smallest absolute Gasteiger partial charge is 0.120 e. The second-order valence-electron chi connectivity index (χ2n) is 15.8. The molecule has 3 aromatic heterocycles. The Morgan fingerprint density at radius 3 is 2.16 bits per heavy atom. The van der Waals surface area contributed by atoms with E-state index in [4.69, 9.17) is 9.40 Å². The quantitative estimate of drug-likeness (QED) is 0.128. The first-order valence-corrected chi connectivity index (χ1v) is 22.0. The van der Waals surface area contributed by atoms with Gasteiger partial charge in [0.1, 0.15) is 5.58 Å². The predicted octanol–water partition coefficient (Wildman–Crippen LogP) is 12.4. The van der Waals surface area contributed by atoms with E-state index in [1.165, 1.54) is 16.3 Å². The predicted molar refractivity (Wildman–Crippen MR) is 228 cm³/mol. The average molecular weight is 910 g/mol. The number of para-hydroxylation sites is 3. The van der Waals surface area contributed by atoms with Gasteiger partial charge in [0.15, 0.2) is 0 Å². The third kappa shape index (κ3) is 7.76. The Morgan fingerprint density at radius 1 is 0.691 bits per heavy atom. The molecule has 275 valence electrons. The monoisotopic (exact) mass is 910 g/mol. The summed E-state index contributed by atoms with van der Waals surface area (Å²) in [6, 6.07) is 57.0. The minimum Gasteiger partial charge on any atom is -0.501 e. The molecule has 0 aliphatic carbocycles. The molecule has 0 aliphatic heterocycles. The van der Waals surface area contributed by atoms with E-state index >= 15 is 0 Å². The molecule has 1 radical (unpaired) electrons. The van der Waals surface area contributed by atoms with Crippen LogP contribution in [0.3, 0.4) is 0 Å². The summed E-state index contributed by atoms with van der Waals surface area (Å²) in [6.45, 7) is 13.7. The van der Waals surface area contributed by atoms with Crippen LogP contribution in [0.15, 0.2) is 156 Å². The average Bonchev–Trinajstić information content (AvgIpc) is 3.77. The number of furan rings is 1. The molecule has 55 heavy (non-hydrogen) atoms. The normalized spacial score (nSPS) is 11.7. The van der Waals surface area contributed by atoms with Crippen molar-refractivity contribution in [3.8, 4) is 39.5 Å². The Balaban J connectivity index is 0.000000191. The molecule has 0 saturated carbocycles. The summed E-state index contributed by atoms with van der Waals surface area (Å²) in [7, 11) is -1.26. The van der Waals surface area contributed by atoms with Crippen molar-refractivity contribution >= 4 is 46.2 Å². The van der Waals surface area contributed by atoms with E-state index in [0.717, 1.165) is 66.9 Å². The fourth-order valence-electron chi connectivity index (χ4n) is 6.81. The summed E-state index contributed by atoms with van der Waals surface area (Å²) in [4.78, 5) is 9.66. The van der Waals surface area contributed by atoms with Crippen molar-refractivity contribution in [2.24, 2.45) is 0 Å². The molecule has 0 fully saturated rings. The standard InChI is InChI=1S/C31H19N2O.C18H24NSi.Ir/c1-2-10-21(11-3-1)22-12-8-13-23(20-22)33-28-18-6-5-17-27(28)32-31(33)26-16-9-15-25-24-14-4-7-19-29(24)34-30(25)26;1-18(2,3)15-9-7-14(8-10-15)17-12-11-16(13-19-17)20(4,5)6;/h1-15,17-20H;7,9-13H,1-6H3;/q2*-1;. The first-order valence-electron chi connectivity index (χ1n) is 18.5. The molecule has 0 bridgehead atoms. The van der Waals surface area contributed by atoms with E-state index in [-0.39, 0.29) is 25.5 Å². The van der Waals surface area contributed by atoms with E-state index in [1.54, 1.807) is 0 Å². The number of nitrogens with zero attached hydrogens (tertiary/aromatic N) is 3. The number of hydrogen-bond donors (Lipinski definition) is 0. The minimum absolute atomic E-state index is 0. The Bertz CT molecular complexity index is 2660. The van der Waals surface area contributed by atoms with Crippen molar-refractivity contribution in [1.82, 2.24) is 14.5 Å². The van der Waals surface area contributed by atoms with Gasteiger partial charge < -0.3 is 14.0 Å². The summed E-state index contributed by atoms with van der Waals surface area (Å²) in [6.07, 6.45) is 2.03. The van der Waals surface area contributed by atoms with Crippen molar-refractivity contribution in [1.29, 1.82) is 0 Å². The summed E-state index contributed by atoms with van der Waals surface area (Å²) < 4.78 is 8.54. The molecule has 0 unspecified atom stereocenters. The van der Waals surface area contributed by atoms with Crippen LogP contribution < -0.4 is 5.19 Å². The topological polar surface area (TPSA) is 43.9 Å². The van der Waals surface area contributed by atoms with Gasteiger partial charge in [-0.2, -0.15) is 0 Å². The maximum atomic E-state index is 6.33. The molecular weight excluding hydrogens is 867 g/mol. The molecule has 4 nitrogen and oxygen atoms in total. The fraction of sp³-hybridized carbons (Fsp3) is 0.143. The number of fused-ring (bicyclic) bond motifs is 4. The number of benzene rings is 6. The van der Waals surface area contributed by atoms with E-state index in [2.05, 4.69) is 171 Å². The van der Waals surface area contributed by atoms with Crippen molar-refractivity contribution in [2.75, 3.05) is 0 Å². The maximum absolute atomic E-state index is 6.33. The van der Waals surface area contributed by atoms with Crippen LogP contribution in [0, 0.1) is 12.1 Å². The van der Waals surface area contributed by atoms with E-state index in [0.29, 0.717) is 0 Å². The summed E-state index contributed by atoms with van der Waals surface area (Å²) in [5.41, 5.74) is 11.5. The zero-order valence-corrected chi connectivity index (χ0v) is 35.4. The third-order valence-electron chi connectivity index (χ3n) is 9.92.